The average Bonchev–Trinajstić information content (AvgIpc) is 3.01. The van der Waals surface area contributed by atoms with E-state index in [4.69, 9.17) is 15.3 Å². The molecule has 0 heterocycles. The summed E-state index contributed by atoms with van der Waals surface area (Å²) in [5.41, 5.74) is 7.13. The first-order valence-electron chi connectivity index (χ1n) is 15.2. The normalized spacial score (nSPS) is 14.6. The van der Waals surface area contributed by atoms with Crippen LogP contribution in [0.3, 0.4) is 0 Å². The Morgan fingerprint density at radius 2 is 1.37 bits per heavy atom. The molecule has 15 nitrogen and oxygen atoms in total. The van der Waals surface area contributed by atoms with E-state index in [9.17, 15) is 49.1 Å². The lowest BCUT2D eigenvalue weighted by molar-refractivity contribution is -1.02. The molecular weight excluding hydrogens is 727 g/mol. The van der Waals surface area contributed by atoms with Gasteiger partial charge in [0.2, 0.25) is 0 Å². The molecule has 284 valence electrons. The zero-order valence-corrected chi connectivity index (χ0v) is 31.2. The van der Waals surface area contributed by atoms with Crippen LogP contribution in [0, 0.1) is 6.92 Å². The summed E-state index contributed by atoms with van der Waals surface area (Å²) < 4.78 is 31.0. The van der Waals surface area contributed by atoms with Gasteiger partial charge in [0.1, 0.15) is 38.8 Å². The van der Waals surface area contributed by atoms with Gasteiger partial charge in [-0.1, -0.05) is 30.3 Å². The van der Waals surface area contributed by atoms with Gasteiger partial charge >= 0.3 is 15.2 Å². The van der Waals surface area contributed by atoms with Crippen molar-refractivity contribution in [2.45, 2.75) is 71.0 Å². The Labute approximate surface area is 300 Å². The molecule has 0 aliphatic rings. The third kappa shape index (κ3) is 14.9. The second-order valence-electron chi connectivity index (χ2n) is 11.4. The Kier molecular flexibility index (Phi) is 24.2. The van der Waals surface area contributed by atoms with E-state index in [2.05, 4.69) is 0 Å². The topological polar surface area (TPSA) is 257 Å². The van der Waals surface area contributed by atoms with Gasteiger partial charge < -0.3 is 89.9 Å². The van der Waals surface area contributed by atoms with Gasteiger partial charge in [0, 0.05) is 23.1 Å². The second kappa shape index (κ2) is 23.9. The number of para-hydroxylation sites is 1. The molecule has 4 unspecified atom stereocenters. The highest BCUT2D eigenvalue weighted by molar-refractivity contribution is 7.51. The summed E-state index contributed by atoms with van der Waals surface area (Å²) in [6.45, 7) is 3.92. The molecule has 49 heavy (non-hydrogen) atoms. The van der Waals surface area contributed by atoms with E-state index < -0.39 is 52.6 Å². The minimum absolute atomic E-state index is 0. The second-order valence-corrected chi connectivity index (χ2v) is 14.7. The summed E-state index contributed by atoms with van der Waals surface area (Å²) in [6, 6.07) is 9.02. The Balaban J connectivity index is 0. The molecule has 0 fully saturated rings. The maximum absolute atomic E-state index is 12.6. The fraction of sp³-hybridized carbons (Fsp3) is 0.567. The van der Waals surface area contributed by atoms with Gasteiger partial charge in [0.05, 0.1) is 19.8 Å². The summed E-state index contributed by atoms with van der Waals surface area (Å²) in [5, 5.41) is 42.0. The van der Waals surface area contributed by atoms with Crippen LogP contribution >= 0.6 is 15.2 Å². The van der Waals surface area contributed by atoms with Crippen LogP contribution in [0.5, 0.6) is 5.75 Å². The minimum Gasteiger partial charge on any atom is -1.00 e. The van der Waals surface area contributed by atoms with Crippen molar-refractivity contribution in [3.05, 3.63) is 64.2 Å². The lowest BCUT2D eigenvalue weighted by atomic mass is 9.82. The number of nitrogens with one attached hydrogen (secondary N) is 2. The molecule has 0 radical (unpaired) electrons. The first kappa shape index (κ1) is 49.6. The van der Waals surface area contributed by atoms with E-state index in [-0.39, 0.29) is 73.9 Å². The van der Waals surface area contributed by atoms with Crippen molar-refractivity contribution in [2.75, 3.05) is 38.9 Å². The maximum Gasteiger partial charge on any atom is 0.379 e. The van der Waals surface area contributed by atoms with Crippen molar-refractivity contribution < 1.29 is 93.3 Å². The molecular formula is C30H53Cl2N3O12P2. The average molecular weight is 781 g/mol. The van der Waals surface area contributed by atoms with Crippen LogP contribution < -0.4 is 45.1 Å². The van der Waals surface area contributed by atoms with E-state index in [0.29, 0.717) is 53.0 Å². The fourth-order valence-corrected chi connectivity index (χ4v) is 7.96. The largest absolute Gasteiger partial charge is 1.00 e. The summed E-state index contributed by atoms with van der Waals surface area (Å²) in [5.74, 6) is 0.330. The molecule has 0 saturated carbocycles. The Morgan fingerprint density at radius 1 is 0.837 bits per heavy atom. The van der Waals surface area contributed by atoms with Crippen LogP contribution in [0.1, 0.15) is 54.0 Å². The molecule has 2 aromatic carbocycles. The summed E-state index contributed by atoms with van der Waals surface area (Å²) in [7, 11) is -9.54. The SMILES string of the molecule is C=O.CCOc1c(CO)cccc1C[NH+](CP(=O)(O)O)C(CO)C(CO)(CCCCN)[NH+](Cc1cccc(CO)c1C)CP(=O)(O)O.[Cl-].[Cl-]. The van der Waals surface area contributed by atoms with E-state index in [0.717, 1.165) is 0 Å². The van der Waals surface area contributed by atoms with Gasteiger partial charge in [-0.05, 0) is 50.4 Å². The number of carbonyl (C=O) groups excluding carboxylic acids is 1. The molecule has 0 saturated heterocycles. The zero-order chi connectivity index (χ0) is 35.8. The minimum atomic E-state index is -4.77. The highest BCUT2D eigenvalue weighted by atomic mass is 35.5. The summed E-state index contributed by atoms with van der Waals surface area (Å²) in [6.07, 6.45) is -0.527. The molecule has 0 spiro atoms. The van der Waals surface area contributed by atoms with Gasteiger partial charge in [0.25, 0.3) is 0 Å². The van der Waals surface area contributed by atoms with Crippen molar-refractivity contribution in [3.63, 3.8) is 0 Å². The van der Waals surface area contributed by atoms with Gasteiger partial charge in [-0.15, -0.1) is 0 Å². The number of hydrogen-bond acceptors (Lipinski definition) is 9. The summed E-state index contributed by atoms with van der Waals surface area (Å²) in [4.78, 5) is 49.3. The fourth-order valence-electron chi connectivity index (χ4n) is 6.18. The molecule has 0 aromatic heterocycles. The van der Waals surface area contributed by atoms with Crippen LogP contribution in [0.15, 0.2) is 36.4 Å². The van der Waals surface area contributed by atoms with Crippen LogP contribution in [0.4, 0.5) is 0 Å². The lowest BCUT2D eigenvalue weighted by Gasteiger charge is -2.46. The van der Waals surface area contributed by atoms with Gasteiger partial charge in [-0.3, -0.25) is 9.13 Å². The zero-order valence-electron chi connectivity index (χ0n) is 27.9. The molecule has 0 aliphatic heterocycles. The van der Waals surface area contributed by atoms with Crippen LogP contribution in [-0.4, -0.2) is 97.3 Å². The first-order chi connectivity index (χ1) is 22.2. The number of halogens is 2. The lowest BCUT2D eigenvalue weighted by Crippen LogP contribution is -3.29. The Hall–Kier alpha value is -1.49. The molecule has 2 aromatic rings. The van der Waals surface area contributed by atoms with Crippen molar-refractivity contribution in [1.29, 1.82) is 0 Å². The first-order valence-corrected chi connectivity index (χ1v) is 18.8. The van der Waals surface area contributed by atoms with E-state index in [1.165, 1.54) is 0 Å². The van der Waals surface area contributed by atoms with E-state index >= 15 is 0 Å². The van der Waals surface area contributed by atoms with E-state index in [1.54, 1.807) is 50.2 Å². The van der Waals surface area contributed by atoms with Crippen LogP contribution in [0.25, 0.3) is 0 Å². The number of aliphatic hydroxyl groups is 4. The number of aliphatic hydroxyl groups excluding tert-OH is 4. The van der Waals surface area contributed by atoms with Crippen LogP contribution in [0.2, 0.25) is 0 Å². The highest BCUT2D eigenvalue weighted by Gasteiger charge is 2.54. The number of unbranched alkanes of at least 4 members (excludes halogenated alkanes) is 1. The van der Waals surface area contributed by atoms with E-state index in [1.807, 2.05) is 6.79 Å². The predicted octanol–water partition coefficient (Wildman–Crippen LogP) is -7.84. The number of benzene rings is 2. The molecule has 0 bridgehead atoms. The highest BCUT2D eigenvalue weighted by Crippen LogP contribution is 2.34. The monoisotopic (exact) mass is 779 g/mol. The predicted molar refractivity (Wildman–Crippen MR) is 175 cm³/mol. The number of nitrogens with two attached hydrogens (primary N) is 1. The van der Waals surface area contributed by atoms with Crippen molar-refractivity contribution in [3.8, 4) is 5.75 Å². The third-order valence-electron chi connectivity index (χ3n) is 8.40. The van der Waals surface area contributed by atoms with Gasteiger partial charge in [-0.2, -0.15) is 0 Å². The standard InChI is InChI=1S/C29H49N3O11P2.CH2O.2ClH/c1-3-43-28-24(9-7-11-26(28)17-34)14-31(20-44(37,38)39)27(18-35)29(19-36,12-4-5-13-30)32(21-45(40,41)42)15-23-8-6-10-25(16-33)22(23)2;1-2;;/h6-11,27,33-36H,3-5,12-21,30H2,1-2H3,(H2,37,38,39)(H2,40,41,42);1H2;2*1H. The Morgan fingerprint density at radius 3 is 1.84 bits per heavy atom. The molecule has 2 rings (SSSR count). The van der Waals surface area contributed by atoms with Crippen molar-refractivity contribution in [1.82, 2.24) is 0 Å². The Bertz CT molecular complexity index is 1340. The third-order valence-corrected chi connectivity index (χ3v) is 10.0. The van der Waals surface area contributed by atoms with Crippen molar-refractivity contribution in [2.24, 2.45) is 5.73 Å². The van der Waals surface area contributed by atoms with Gasteiger partial charge in [-0.25, -0.2) is 0 Å². The molecule has 19 heteroatoms. The number of rotatable bonds is 21. The van der Waals surface area contributed by atoms with Gasteiger partial charge in [0.15, 0.2) is 24.2 Å². The number of carbonyl (C=O) groups is 1. The summed E-state index contributed by atoms with van der Waals surface area (Å²) >= 11 is 0. The molecule has 0 aliphatic carbocycles. The number of quaternary nitrogens is 2. The molecule has 4 atom stereocenters. The molecule has 0 amide bonds. The molecule has 12 N–H and O–H groups in total. The van der Waals surface area contributed by atoms with Crippen LogP contribution in [-0.2, 0) is 40.2 Å². The number of hydrogen-bond donors (Lipinski definition) is 11. The quantitative estimate of drug-likeness (QED) is 0.0417. The number of ether oxygens (including phenoxy) is 1. The smallest absolute Gasteiger partial charge is 0.379 e. The maximum atomic E-state index is 12.6. The van der Waals surface area contributed by atoms with Crippen molar-refractivity contribution >= 4 is 22.0 Å².